The van der Waals surface area contributed by atoms with Gasteiger partial charge in [0.15, 0.2) is 5.82 Å². The predicted octanol–water partition coefficient (Wildman–Crippen LogP) is 3.23. The Hall–Kier alpha value is -0.550. The fourth-order valence-corrected chi connectivity index (χ4v) is 4.27. The minimum Gasteiger partial charge on any atom is -0.339 e. The molecule has 2 saturated carbocycles. The van der Waals surface area contributed by atoms with Gasteiger partial charge in [0.05, 0.1) is 5.75 Å². The van der Waals surface area contributed by atoms with E-state index in [2.05, 4.69) is 10.1 Å². The molecule has 0 amide bonds. The number of hydrogen-bond donors (Lipinski definition) is 1. The molecule has 2 fully saturated rings. The second-order valence-corrected chi connectivity index (χ2v) is 7.17. The van der Waals surface area contributed by atoms with Gasteiger partial charge in [-0.2, -0.15) is 16.7 Å². The summed E-state index contributed by atoms with van der Waals surface area (Å²) >= 11 is 1.99. The van der Waals surface area contributed by atoms with Crippen LogP contribution in [0.5, 0.6) is 0 Å². The monoisotopic (exact) mass is 281 g/mol. The van der Waals surface area contributed by atoms with Crippen LogP contribution in [0.3, 0.4) is 0 Å². The number of nitrogens with two attached hydrogens (primary N) is 1. The second-order valence-electron chi connectivity index (χ2n) is 5.88. The van der Waals surface area contributed by atoms with E-state index in [1.54, 1.807) is 0 Å². The first-order valence-corrected chi connectivity index (χ1v) is 8.56. The van der Waals surface area contributed by atoms with Gasteiger partial charge in [0.1, 0.15) is 0 Å². The standard InChI is InChI=1S/C14H23N3OS/c15-11-7-5-10(6-8-11)14-16-13(17-18-14)9-19-12-3-1-2-4-12/h10-12H,1-9,15H2. The van der Waals surface area contributed by atoms with Gasteiger partial charge >= 0.3 is 0 Å². The first kappa shape index (κ1) is 13.4. The molecule has 2 aliphatic rings. The Balaban J connectivity index is 1.51. The maximum atomic E-state index is 5.93. The Morgan fingerprint density at radius 2 is 1.84 bits per heavy atom. The molecule has 106 valence electrons. The van der Waals surface area contributed by atoms with E-state index in [-0.39, 0.29) is 0 Å². The van der Waals surface area contributed by atoms with Crippen LogP contribution in [0.25, 0.3) is 0 Å². The van der Waals surface area contributed by atoms with Gasteiger partial charge < -0.3 is 10.3 Å². The van der Waals surface area contributed by atoms with Crippen LogP contribution in [0, 0.1) is 0 Å². The average Bonchev–Trinajstić information content (AvgIpc) is 3.09. The summed E-state index contributed by atoms with van der Waals surface area (Å²) in [6, 6.07) is 0.372. The summed E-state index contributed by atoms with van der Waals surface area (Å²) in [5.41, 5.74) is 5.93. The lowest BCUT2D eigenvalue weighted by Gasteiger charge is -2.22. The lowest BCUT2D eigenvalue weighted by Crippen LogP contribution is -2.25. The van der Waals surface area contributed by atoms with Gasteiger partial charge in [-0.05, 0) is 38.5 Å². The number of aromatic nitrogens is 2. The quantitative estimate of drug-likeness (QED) is 0.918. The van der Waals surface area contributed by atoms with Gasteiger partial charge in [0.25, 0.3) is 0 Å². The van der Waals surface area contributed by atoms with E-state index < -0.39 is 0 Å². The van der Waals surface area contributed by atoms with E-state index in [0.29, 0.717) is 12.0 Å². The molecule has 0 radical (unpaired) electrons. The summed E-state index contributed by atoms with van der Waals surface area (Å²) in [7, 11) is 0. The summed E-state index contributed by atoms with van der Waals surface area (Å²) in [6.07, 6.45) is 9.84. The highest BCUT2D eigenvalue weighted by Crippen LogP contribution is 2.33. The van der Waals surface area contributed by atoms with Crippen molar-refractivity contribution in [2.24, 2.45) is 5.73 Å². The lowest BCUT2D eigenvalue weighted by molar-refractivity contribution is 0.300. The SMILES string of the molecule is NC1CCC(c2nc(CSC3CCCC3)no2)CC1. The molecule has 0 unspecified atom stereocenters. The van der Waals surface area contributed by atoms with Crippen molar-refractivity contribution in [2.75, 3.05) is 0 Å². The zero-order valence-corrected chi connectivity index (χ0v) is 12.2. The molecule has 1 aromatic heterocycles. The minimum atomic E-state index is 0.372. The lowest BCUT2D eigenvalue weighted by atomic mass is 9.86. The largest absolute Gasteiger partial charge is 0.339 e. The van der Waals surface area contributed by atoms with Crippen molar-refractivity contribution in [3.63, 3.8) is 0 Å². The zero-order chi connectivity index (χ0) is 13.1. The predicted molar refractivity (Wildman–Crippen MR) is 77.0 cm³/mol. The molecule has 0 bridgehead atoms. The van der Waals surface area contributed by atoms with Gasteiger partial charge in [0, 0.05) is 17.2 Å². The van der Waals surface area contributed by atoms with Crippen LogP contribution in [-0.4, -0.2) is 21.4 Å². The molecular formula is C14H23N3OS. The molecule has 0 aliphatic heterocycles. The highest BCUT2D eigenvalue weighted by atomic mass is 32.2. The molecule has 3 rings (SSSR count). The highest BCUT2D eigenvalue weighted by Gasteiger charge is 2.25. The third-order valence-corrected chi connectivity index (χ3v) is 5.72. The van der Waals surface area contributed by atoms with Crippen LogP contribution in [0.4, 0.5) is 0 Å². The van der Waals surface area contributed by atoms with Crippen LogP contribution in [-0.2, 0) is 5.75 Å². The van der Waals surface area contributed by atoms with Gasteiger partial charge in [-0.15, -0.1) is 0 Å². The minimum absolute atomic E-state index is 0.372. The Bertz CT molecular complexity index is 395. The average molecular weight is 281 g/mol. The Morgan fingerprint density at radius 1 is 1.11 bits per heavy atom. The molecule has 0 atom stereocenters. The molecule has 5 heteroatoms. The van der Waals surface area contributed by atoms with E-state index in [9.17, 15) is 0 Å². The molecule has 1 heterocycles. The van der Waals surface area contributed by atoms with Crippen LogP contribution in [0.15, 0.2) is 4.52 Å². The number of rotatable bonds is 4. The maximum absolute atomic E-state index is 5.93. The maximum Gasteiger partial charge on any atom is 0.229 e. The van der Waals surface area contributed by atoms with Crippen LogP contribution >= 0.6 is 11.8 Å². The van der Waals surface area contributed by atoms with Crippen molar-refractivity contribution in [1.29, 1.82) is 0 Å². The second kappa shape index (κ2) is 6.27. The molecule has 0 spiro atoms. The summed E-state index contributed by atoms with van der Waals surface area (Å²) in [6.45, 7) is 0. The first-order valence-electron chi connectivity index (χ1n) is 7.51. The molecular weight excluding hydrogens is 258 g/mol. The van der Waals surface area contributed by atoms with Gasteiger partial charge in [-0.25, -0.2) is 0 Å². The molecule has 0 saturated heterocycles. The molecule has 2 aliphatic carbocycles. The summed E-state index contributed by atoms with van der Waals surface area (Å²) in [4.78, 5) is 4.58. The fourth-order valence-electron chi connectivity index (χ4n) is 3.11. The van der Waals surface area contributed by atoms with E-state index in [0.717, 1.165) is 48.4 Å². The van der Waals surface area contributed by atoms with E-state index in [1.165, 1.54) is 25.7 Å². The molecule has 19 heavy (non-hydrogen) atoms. The van der Waals surface area contributed by atoms with E-state index in [4.69, 9.17) is 10.3 Å². The highest BCUT2D eigenvalue weighted by molar-refractivity contribution is 7.99. The Morgan fingerprint density at radius 3 is 2.58 bits per heavy atom. The number of hydrogen-bond acceptors (Lipinski definition) is 5. The summed E-state index contributed by atoms with van der Waals surface area (Å²) in [5.74, 6) is 3.06. The van der Waals surface area contributed by atoms with Gasteiger partial charge in [-0.1, -0.05) is 18.0 Å². The van der Waals surface area contributed by atoms with Crippen LogP contribution < -0.4 is 5.73 Å². The molecule has 2 N–H and O–H groups in total. The van der Waals surface area contributed by atoms with E-state index in [1.807, 2.05) is 11.8 Å². The van der Waals surface area contributed by atoms with Crippen molar-refractivity contribution in [2.45, 2.75) is 74.3 Å². The smallest absolute Gasteiger partial charge is 0.229 e. The topological polar surface area (TPSA) is 64.9 Å². The van der Waals surface area contributed by atoms with Gasteiger partial charge in [0.2, 0.25) is 5.89 Å². The van der Waals surface area contributed by atoms with Crippen molar-refractivity contribution in [3.8, 4) is 0 Å². The van der Waals surface area contributed by atoms with Crippen molar-refractivity contribution < 1.29 is 4.52 Å². The fraction of sp³-hybridized carbons (Fsp3) is 0.857. The summed E-state index contributed by atoms with van der Waals surface area (Å²) < 4.78 is 5.44. The van der Waals surface area contributed by atoms with Gasteiger partial charge in [-0.3, -0.25) is 0 Å². The van der Waals surface area contributed by atoms with Crippen molar-refractivity contribution in [3.05, 3.63) is 11.7 Å². The zero-order valence-electron chi connectivity index (χ0n) is 11.4. The van der Waals surface area contributed by atoms with Crippen molar-refractivity contribution >= 4 is 11.8 Å². The van der Waals surface area contributed by atoms with Crippen LogP contribution in [0.2, 0.25) is 0 Å². The third kappa shape index (κ3) is 3.51. The Kier molecular flexibility index (Phi) is 4.43. The van der Waals surface area contributed by atoms with Crippen molar-refractivity contribution in [1.82, 2.24) is 10.1 Å². The molecule has 1 aromatic rings. The first-order chi connectivity index (χ1) is 9.31. The number of thioether (sulfide) groups is 1. The normalized spacial score (nSPS) is 28.9. The summed E-state index contributed by atoms with van der Waals surface area (Å²) in [5, 5.41) is 4.95. The molecule has 4 nitrogen and oxygen atoms in total. The number of nitrogens with zero attached hydrogens (tertiary/aromatic N) is 2. The Labute approximate surface area is 118 Å². The van der Waals surface area contributed by atoms with E-state index >= 15 is 0 Å². The van der Waals surface area contributed by atoms with Crippen LogP contribution in [0.1, 0.15) is 69.0 Å². The molecule has 0 aromatic carbocycles. The third-order valence-electron chi connectivity index (χ3n) is 4.36.